The highest BCUT2D eigenvalue weighted by molar-refractivity contribution is 7.94. The minimum Gasteiger partial charge on any atom is -0.307 e. The second kappa shape index (κ2) is 5.57. The molecule has 0 heterocycles. The van der Waals surface area contributed by atoms with E-state index in [4.69, 9.17) is 4.18 Å². The Bertz CT molecular complexity index is 286. The van der Waals surface area contributed by atoms with Crippen LogP contribution in [0.2, 0.25) is 0 Å². The SMILES string of the molecule is CC1CCCC(OSc2ccccc2)C1. The van der Waals surface area contributed by atoms with Crippen molar-refractivity contribution >= 4 is 12.0 Å². The first-order valence-corrected chi connectivity index (χ1v) is 6.47. The van der Waals surface area contributed by atoms with Crippen molar-refractivity contribution in [2.24, 2.45) is 5.92 Å². The third-order valence-corrected chi connectivity index (χ3v) is 3.74. The Morgan fingerprint density at radius 1 is 1.20 bits per heavy atom. The van der Waals surface area contributed by atoms with Crippen molar-refractivity contribution in [1.29, 1.82) is 0 Å². The van der Waals surface area contributed by atoms with Crippen molar-refractivity contribution in [3.05, 3.63) is 30.3 Å². The van der Waals surface area contributed by atoms with Gasteiger partial charge in [-0.1, -0.05) is 38.0 Å². The lowest BCUT2D eigenvalue weighted by molar-refractivity contribution is 0.154. The lowest BCUT2D eigenvalue weighted by atomic mass is 9.89. The third kappa shape index (κ3) is 3.54. The number of hydrogen-bond acceptors (Lipinski definition) is 2. The molecule has 0 aromatic heterocycles. The quantitative estimate of drug-likeness (QED) is 0.706. The largest absolute Gasteiger partial charge is 0.307 e. The Morgan fingerprint density at radius 3 is 2.73 bits per heavy atom. The molecule has 15 heavy (non-hydrogen) atoms. The number of hydrogen-bond donors (Lipinski definition) is 0. The fourth-order valence-corrected chi connectivity index (χ4v) is 2.76. The zero-order valence-electron chi connectivity index (χ0n) is 9.19. The van der Waals surface area contributed by atoms with Crippen LogP contribution in [0, 0.1) is 5.92 Å². The lowest BCUT2D eigenvalue weighted by Crippen LogP contribution is -2.18. The maximum absolute atomic E-state index is 5.86. The second-order valence-corrected chi connectivity index (χ2v) is 5.22. The normalized spacial score (nSPS) is 26.5. The van der Waals surface area contributed by atoms with Crippen LogP contribution in [0.25, 0.3) is 0 Å². The molecule has 1 fully saturated rings. The molecule has 0 saturated heterocycles. The van der Waals surface area contributed by atoms with E-state index in [2.05, 4.69) is 31.2 Å². The standard InChI is InChI=1S/C13H18OS/c1-11-6-5-7-12(10-11)14-15-13-8-3-2-4-9-13/h2-4,8-9,11-12H,5-7,10H2,1H3. The van der Waals surface area contributed by atoms with Crippen LogP contribution in [0.15, 0.2) is 35.2 Å². The summed E-state index contributed by atoms with van der Waals surface area (Å²) in [5.41, 5.74) is 0. The zero-order chi connectivity index (χ0) is 10.5. The highest BCUT2D eigenvalue weighted by Gasteiger charge is 2.19. The molecule has 0 aliphatic heterocycles. The predicted octanol–water partition coefficient (Wildman–Crippen LogP) is 4.29. The van der Waals surface area contributed by atoms with E-state index in [1.165, 1.54) is 42.6 Å². The molecule has 0 spiro atoms. The molecule has 2 unspecified atom stereocenters. The summed E-state index contributed by atoms with van der Waals surface area (Å²) in [5.74, 6) is 0.833. The molecule has 1 saturated carbocycles. The first-order valence-electron chi connectivity index (χ1n) is 5.73. The van der Waals surface area contributed by atoms with Gasteiger partial charge in [-0.25, -0.2) is 0 Å². The molecule has 2 rings (SSSR count). The van der Waals surface area contributed by atoms with Gasteiger partial charge in [-0.15, -0.1) is 0 Å². The first kappa shape index (κ1) is 11.0. The van der Waals surface area contributed by atoms with E-state index in [1.807, 2.05) is 6.07 Å². The maximum atomic E-state index is 5.86. The van der Waals surface area contributed by atoms with Crippen molar-refractivity contribution < 1.29 is 4.18 Å². The highest BCUT2D eigenvalue weighted by atomic mass is 32.2. The Morgan fingerprint density at radius 2 is 2.00 bits per heavy atom. The van der Waals surface area contributed by atoms with Gasteiger partial charge in [0.15, 0.2) is 0 Å². The number of rotatable bonds is 3. The highest BCUT2D eigenvalue weighted by Crippen LogP contribution is 2.30. The molecule has 1 nitrogen and oxygen atoms in total. The maximum Gasteiger partial charge on any atom is 0.0729 e. The van der Waals surface area contributed by atoms with Crippen molar-refractivity contribution in [1.82, 2.24) is 0 Å². The molecule has 82 valence electrons. The van der Waals surface area contributed by atoms with E-state index in [9.17, 15) is 0 Å². The summed E-state index contributed by atoms with van der Waals surface area (Å²) in [6, 6.07) is 10.3. The molecular weight excluding hydrogens is 204 g/mol. The average molecular weight is 222 g/mol. The van der Waals surface area contributed by atoms with Gasteiger partial charge in [-0.05, 0) is 30.9 Å². The fourth-order valence-electron chi connectivity index (χ4n) is 2.07. The van der Waals surface area contributed by atoms with Gasteiger partial charge in [0, 0.05) is 16.9 Å². The smallest absolute Gasteiger partial charge is 0.0729 e. The summed E-state index contributed by atoms with van der Waals surface area (Å²) in [4.78, 5) is 1.20. The minimum atomic E-state index is 0.457. The van der Waals surface area contributed by atoms with Gasteiger partial charge in [0.1, 0.15) is 0 Å². The van der Waals surface area contributed by atoms with E-state index < -0.39 is 0 Å². The van der Waals surface area contributed by atoms with Gasteiger partial charge < -0.3 is 4.18 Å². The fraction of sp³-hybridized carbons (Fsp3) is 0.538. The van der Waals surface area contributed by atoms with Gasteiger partial charge in [0.05, 0.1) is 6.10 Å². The summed E-state index contributed by atoms with van der Waals surface area (Å²) in [5, 5.41) is 0. The van der Waals surface area contributed by atoms with Crippen LogP contribution < -0.4 is 0 Å². The van der Waals surface area contributed by atoms with Gasteiger partial charge >= 0.3 is 0 Å². The van der Waals surface area contributed by atoms with Gasteiger partial charge in [0.25, 0.3) is 0 Å². The van der Waals surface area contributed by atoms with Crippen LogP contribution in [0.4, 0.5) is 0 Å². The molecule has 1 aliphatic carbocycles. The van der Waals surface area contributed by atoms with Crippen molar-refractivity contribution in [3.63, 3.8) is 0 Å². The molecule has 2 atom stereocenters. The Balaban J connectivity index is 1.78. The van der Waals surface area contributed by atoms with Crippen molar-refractivity contribution in [2.45, 2.75) is 43.6 Å². The molecule has 0 N–H and O–H groups in total. The zero-order valence-corrected chi connectivity index (χ0v) is 10.0. The van der Waals surface area contributed by atoms with Gasteiger partial charge in [-0.3, -0.25) is 0 Å². The summed E-state index contributed by atoms with van der Waals surface area (Å²) in [7, 11) is 0. The van der Waals surface area contributed by atoms with E-state index >= 15 is 0 Å². The van der Waals surface area contributed by atoms with Crippen molar-refractivity contribution in [2.75, 3.05) is 0 Å². The van der Waals surface area contributed by atoms with Crippen LogP contribution in [-0.4, -0.2) is 6.10 Å². The first-order chi connectivity index (χ1) is 7.34. The van der Waals surface area contributed by atoms with Crippen LogP contribution in [0.5, 0.6) is 0 Å². The Kier molecular flexibility index (Phi) is 4.09. The summed E-state index contributed by atoms with van der Waals surface area (Å²) in [6.07, 6.45) is 5.60. The molecule has 0 radical (unpaired) electrons. The van der Waals surface area contributed by atoms with Crippen LogP contribution in [-0.2, 0) is 4.18 Å². The molecule has 2 heteroatoms. The Labute approximate surface area is 96.4 Å². The van der Waals surface area contributed by atoms with Crippen molar-refractivity contribution in [3.8, 4) is 0 Å². The minimum absolute atomic E-state index is 0.457. The van der Waals surface area contributed by atoms with E-state index in [-0.39, 0.29) is 0 Å². The van der Waals surface area contributed by atoms with Crippen LogP contribution >= 0.6 is 12.0 Å². The topological polar surface area (TPSA) is 9.23 Å². The Hall–Kier alpha value is -0.470. The van der Waals surface area contributed by atoms with Gasteiger partial charge in [0.2, 0.25) is 0 Å². The number of benzene rings is 1. The molecule has 1 aliphatic rings. The molecule has 0 bridgehead atoms. The summed E-state index contributed by atoms with van der Waals surface area (Å²) in [6.45, 7) is 2.32. The third-order valence-electron chi connectivity index (χ3n) is 2.91. The lowest BCUT2D eigenvalue weighted by Gasteiger charge is -2.25. The summed E-state index contributed by atoms with van der Waals surface area (Å²) < 4.78 is 5.86. The molecule has 1 aromatic rings. The molecule has 1 aromatic carbocycles. The van der Waals surface area contributed by atoms with E-state index in [0.29, 0.717) is 6.10 Å². The molecular formula is C13H18OS. The summed E-state index contributed by atoms with van der Waals surface area (Å²) >= 11 is 1.53. The predicted molar refractivity (Wildman–Crippen MR) is 64.8 cm³/mol. The van der Waals surface area contributed by atoms with Crippen LogP contribution in [0.3, 0.4) is 0 Å². The average Bonchev–Trinajstić information content (AvgIpc) is 2.28. The van der Waals surface area contributed by atoms with E-state index in [1.54, 1.807) is 0 Å². The van der Waals surface area contributed by atoms with Crippen LogP contribution in [0.1, 0.15) is 32.6 Å². The van der Waals surface area contributed by atoms with Gasteiger partial charge in [-0.2, -0.15) is 0 Å². The van der Waals surface area contributed by atoms with E-state index in [0.717, 1.165) is 5.92 Å². The second-order valence-electron chi connectivity index (χ2n) is 4.39. The monoisotopic (exact) mass is 222 g/mol. The molecule has 0 amide bonds.